The summed E-state index contributed by atoms with van der Waals surface area (Å²) < 4.78 is 10.4. The molecule has 3 N–H and O–H groups in total. The lowest BCUT2D eigenvalue weighted by Gasteiger charge is -2.09. The first-order chi connectivity index (χ1) is 14.0. The molecule has 2 aromatic rings. The van der Waals surface area contributed by atoms with Gasteiger partial charge in [0.25, 0.3) is 0 Å². The number of H-pyrrole nitrogens is 2. The van der Waals surface area contributed by atoms with Gasteiger partial charge in [0.15, 0.2) is 11.5 Å². The molecule has 29 heavy (non-hydrogen) atoms. The maximum absolute atomic E-state index is 11.5. The van der Waals surface area contributed by atoms with Crippen LogP contribution in [-0.4, -0.2) is 42.2 Å². The molecule has 0 atom stereocenters. The van der Waals surface area contributed by atoms with E-state index in [0.29, 0.717) is 17.1 Å². The van der Waals surface area contributed by atoms with Crippen LogP contribution in [0.2, 0.25) is 0 Å². The monoisotopic (exact) mass is 404 g/mol. The van der Waals surface area contributed by atoms with Crippen LogP contribution in [0.4, 0.5) is 5.69 Å². The second-order valence-corrected chi connectivity index (χ2v) is 6.15. The van der Waals surface area contributed by atoms with Crippen LogP contribution in [-0.2, 0) is 0 Å². The molecule has 0 saturated carbocycles. The van der Waals surface area contributed by atoms with E-state index >= 15 is 0 Å². The smallest absolute Gasteiger partial charge is 0.357 e. The lowest BCUT2D eigenvalue weighted by Crippen LogP contribution is -2.25. The lowest BCUT2D eigenvalue weighted by atomic mass is 10.1. The van der Waals surface area contributed by atoms with Gasteiger partial charge in [-0.25, -0.2) is 4.79 Å². The van der Waals surface area contributed by atoms with Gasteiger partial charge >= 0.3 is 16.9 Å². The summed E-state index contributed by atoms with van der Waals surface area (Å²) in [6, 6.07) is 5.08. The predicted molar refractivity (Wildman–Crippen MR) is 110 cm³/mol. The molecule has 0 spiro atoms. The Kier molecular flexibility index (Phi) is 8.16. The molecular formula is C19H24N4O6. The highest BCUT2D eigenvalue weighted by molar-refractivity contribution is 5.75. The summed E-state index contributed by atoms with van der Waals surface area (Å²) in [5, 5.41) is 14.3. The number of aromatic nitrogens is 2. The number of rotatable bonds is 5. The highest BCUT2D eigenvalue weighted by Gasteiger charge is 2.19. The molecule has 1 aliphatic heterocycles. The Morgan fingerprint density at radius 1 is 1.03 bits per heavy atom. The number of benzene rings is 1. The van der Waals surface area contributed by atoms with Crippen molar-refractivity contribution in [2.24, 2.45) is 0 Å². The molecule has 1 aromatic heterocycles. The Bertz CT molecular complexity index is 964. The Labute approximate surface area is 166 Å². The second-order valence-electron chi connectivity index (χ2n) is 6.15. The van der Waals surface area contributed by atoms with Gasteiger partial charge in [-0.05, 0) is 44.1 Å². The van der Waals surface area contributed by atoms with Crippen molar-refractivity contribution < 1.29 is 14.4 Å². The lowest BCUT2D eigenvalue weighted by molar-refractivity contribution is -0.386. The molecule has 1 aliphatic rings. The van der Waals surface area contributed by atoms with E-state index in [1.165, 1.54) is 58.7 Å². The average Bonchev–Trinajstić information content (AvgIpc) is 2.72. The number of piperidine rings is 1. The summed E-state index contributed by atoms with van der Waals surface area (Å²) in [7, 11) is 2.93. The minimum absolute atomic E-state index is 0.214. The number of nitrogens with one attached hydrogen (secondary N) is 3. The molecule has 2 heterocycles. The van der Waals surface area contributed by atoms with E-state index in [4.69, 9.17) is 9.47 Å². The standard InChI is InChI=1S/C14H13N3O6.C5H11N/c1-22-10-5-3-4-8(12(10)23-2)6-7-9-11(17(20)21)13(18)16-14(19)15-9;1-2-4-6-5-3-1/h3-7H,1-2H3,(H2,15,16,18,19);6H,1-5H2/b7-6+;. The zero-order valence-corrected chi connectivity index (χ0v) is 16.3. The second kappa shape index (κ2) is 10.8. The molecule has 1 aromatic carbocycles. The van der Waals surface area contributed by atoms with E-state index in [0.717, 1.165) is 0 Å². The largest absolute Gasteiger partial charge is 0.493 e. The molecule has 0 radical (unpaired) electrons. The van der Waals surface area contributed by atoms with Crippen molar-refractivity contribution in [2.45, 2.75) is 19.3 Å². The molecular weight excluding hydrogens is 380 g/mol. The van der Waals surface area contributed by atoms with Gasteiger partial charge in [0.2, 0.25) is 0 Å². The van der Waals surface area contributed by atoms with Crippen molar-refractivity contribution in [1.82, 2.24) is 15.3 Å². The quantitative estimate of drug-likeness (QED) is 0.511. The van der Waals surface area contributed by atoms with Crippen LogP contribution in [0, 0.1) is 10.1 Å². The van der Waals surface area contributed by atoms with E-state index in [1.54, 1.807) is 18.2 Å². The van der Waals surface area contributed by atoms with Crippen LogP contribution in [0.15, 0.2) is 27.8 Å². The van der Waals surface area contributed by atoms with Crippen molar-refractivity contribution in [3.63, 3.8) is 0 Å². The Balaban J connectivity index is 0.000000426. The van der Waals surface area contributed by atoms with Gasteiger partial charge in [-0.2, -0.15) is 0 Å². The number of aromatic amines is 2. The number of nitrogens with zero attached hydrogens (tertiary/aromatic N) is 1. The summed E-state index contributed by atoms with van der Waals surface area (Å²) in [5.74, 6) is 0.893. The van der Waals surface area contributed by atoms with Crippen LogP contribution in [0.3, 0.4) is 0 Å². The fourth-order valence-corrected chi connectivity index (χ4v) is 2.82. The number of hydrogen-bond donors (Lipinski definition) is 3. The van der Waals surface area contributed by atoms with Gasteiger partial charge < -0.3 is 19.8 Å². The van der Waals surface area contributed by atoms with Crippen LogP contribution in [0.1, 0.15) is 30.5 Å². The van der Waals surface area contributed by atoms with Gasteiger partial charge in [0, 0.05) is 5.56 Å². The summed E-state index contributed by atoms with van der Waals surface area (Å²) >= 11 is 0. The number of nitro groups is 1. The molecule has 3 rings (SSSR count). The van der Waals surface area contributed by atoms with Crippen molar-refractivity contribution in [1.29, 1.82) is 0 Å². The number of para-hydroxylation sites is 1. The van der Waals surface area contributed by atoms with Crippen LogP contribution in [0.25, 0.3) is 12.2 Å². The average molecular weight is 404 g/mol. The minimum atomic E-state index is -1.07. The third kappa shape index (κ3) is 6.04. The first-order valence-electron chi connectivity index (χ1n) is 9.08. The fourth-order valence-electron chi connectivity index (χ4n) is 2.82. The van der Waals surface area contributed by atoms with Crippen LogP contribution >= 0.6 is 0 Å². The van der Waals surface area contributed by atoms with E-state index in [9.17, 15) is 19.7 Å². The molecule has 0 bridgehead atoms. The van der Waals surface area contributed by atoms with Gasteiger partial charge in [0.05, 0.1) is 19.1 Å². The fraction of sp³-hybridized carbons (Fsp3) is 0.368. The molecule has 10 heteroatoms. The van der Waals surface area contributed by atoms with Crippen LogP contribution < -0.4 is 26.0 Å². The first kappa shape index (κ1) is 21.9. The SMILES string of the molecule is C1CCNCC1.COc1cccc(/C=C/c2[nH]c(=O)[nH]c(=O)c2[N+](=O)[O-])c1OC. The van der Waals surface area contributed by atoms with E-state index in [-0.39, 0.29) is 5.69 Å². The summed E-state index contributed by atoms with van der Waals surface area (Å²) in [5.41, 5.74) is -2.31. The van der Waals surface area contributed by atoms with Crippen molar-refractivity contribution in [3.05, 3.63) is 60.4 Å². The van der Waals surface area contributed by atoms with E-state index in [1.807, 2.05) is 4.98 Å². The summed E-state index contributed by atoms with van der Waals surface area (Å²) in [6.07, 6.45) is 6.94. The van der Waals surface area contributed by atoms with Gasteiger partial charge in [0.1, 0.15) is 5.69 Å². The predicted octanol–water partition coefficient (Wildman–Crippen LogP) is 1.92. The maximum atomic E-state index is 11.5. The Hall–Kier alpha value is -3.40. The zero-order chi connectivity index (χ0) is 21.2. The van der Waals surface area contributed by atoms with E-state index < -0.39 is 21.9 Å². The number of methoxy groups -OCH3 is 2. The number of ether oxygens (including phenoxy) is 2. The molecule has 10 nitrogen and oxygen atoms in total. The third-order valence-corrected chi connectivity index (χ3v) is 4.20. The van der Waals surface area contributed by atoms with Gasteiger partial charge in [-0.15, -0.1) is 0 Å². The summed E-state index contributed by atoms with van der Waals surface area (Å²) in [6.45, 7) is 2.50. The topological polar surface area (TPSA) is 139 Å². The zero-order valence-electron chi connectivity index (χ0n) is 16.3. The molecule has 0 amide bonds. The van der Waals surface area contributed by atoms with Gasteiger partial charge in [-0.3, -0.25) is 19.9 Å². The molecule has 1 fully saturated rings. The Morgan fingerprint density at radius 3 is 2.28 bits per heavy atom. The van der Waals surface area contributed by atoms with Crippen molar-refractivity contribution >= 4 is 17.8 Å². The van der Waals surface area contributed by atoms with Crippen LogP contribution in [0.5, 0.6) is 11.5 Å². The highest BCUT2D eigenvalue weighted by atomic mass is 16.6. The van der Waals surface area contributed by atoms with Crippen molar-refractivity contribution in [2.75, 3.05) is 27.3 Å². The first-order valence-corrected chi connectivity index (χ1v) is 9.08. The Morgan fingerprint density at radius 2 is 1.76 bits per heavy atom. The molecule has 156 valence electrons. The minimum Gasteiger partial charge on any atom is -0.493 e. The number of hydrogen-bond acceptors (Lipinski definition) is 7. The van der Waals surface area contributed by atoms with Crippen molar-refractivity contribution in [3.8, 4) is 11.5 Å². The van der Waals surface area contributed by atoms with E-state index in [2.05, 4.69) is 10.3 Å². The normalized spacial score (nSPS) is 13.4. The highest BCUT2D eigenvalue weighted by Crippen LogP contribution is 2.32. The third-order valence-electron chi connectivity index (χ3n) is 4.20. The maximum Gasteiger partial charge on any atom is 0.357 e. The molecule has 1 saturated heterocycles. The molecule has 0 aliphatic carbocycles. The molecule has 0 unspecified atom stereocenters. The summed E-state index contributed by atoms with van der Waals surface area (Å²) in [4.78, 5) is 37.0. The van der Waals surface area contributed by atoms with Gasteiger partial charge in [-0.1, -0.05) is 18.6 Å².